The summed E-state index contributed by atoms with van der Waals surface area (Å²) in [6.45, 7) is 3.51. The van der Waals surface area contributed by atoms with Gasteiger partial charge in [-0.3, -0.25) is 0 Å². The molecule has 100 valence electrons. The van der Waals surface area contributed by atoms with Crippen molar-refractivity contribution < 1.29 is 0 Å². The van der Waals surface area contributed by atoms with Crippen molar-refractivity contribution in [1.82, 2.24) is 4.98 Å². The molecule has 0 spiro atoms. The molecule has 0 atom stereocenters. The minimum Gasteiger partial charge on any atom is -0.236 e. The Labute approximate surface area is 130 Å². The summed E-state index contributed by atoms with van der Waals surface area (Å²) in [6, 6.07) is 10.8. The van der Waals surface area contributed by atoms with Crippen LogP contribution in [0.25, 0.3) is 21.7 Å². The second-order valence-electron chi connectivity index (χ2n) is 4.11. The van der Waals surface area contributed by atoms with Gasteiger partial charge in [0.15, 0.2) is 0 Å². The van der Waals surface area contributed by atoms with Crippen LogP contribution in [0.5, 0.6) is 0 Å². The molecule has 3 aromatic rings. The van der Waals surface area contributed by atoms with Gasteiger partial charge in [-0.05, 0) is 36.7 Å². The van der Waals surface area contributed by atoms with Gasteiger partial charge in [0.25, 0.3) is 0 Å². The van der Waals surface area contributed by atoms with Crippen LogP contribution in [0.4, 0.5) is 5.13 Å². The third kappa shape index (κ3) is 2.70. The van der Waals surface area contributed by atoms with Gasteiger partial charge >= 0.3 is 0 Å². The highest BCUT2D eigenvalue weighted by Gasteiger charge is 2.08. The van der Waals surface area contributed by atoms with E-state index < -0.39 is 0 Å². The van der Waals surface area contributed by atoms with Crippen molar-refractivity contribution >= 4 is 46.3 Å². The Kier molecular flexibility index (Phi) is 4.00. The number of aromatic nitrogens is 1. The molecule has 1 aromatic carbocycles. The number of rotatable bonds is 4. The number of hydrogen-bond acceptors (Lipinski definition) is 5. The predicted molar refractivity (Wildman–Crippen MR) is 91.9 cm³/mol. The van der Waals surface area contributed by atoms with E-state index >= 15 is 0 Å². The van der Waals surface area contributed by atoms with E-state index in [2.05, 4.69) is 58.7 Å². The van der Waals surface area contributed by atoms with Gasteiger partial charge in [0, 0.05) is 26.1 Å². The number of aliphatic imine (C=N–C) groups is 1. The summed E-state index contributed by atoms with van der Waals surface area (Å²) in [6.07, 6.45) is 2.10. The van der Waals surface area contributed by atoms with E-state index in [0.717, 1.165) is 16.4 Å². The summed E-state index contributed by atoms with van der Waals surface area (Å²) in [4.78, 5) is 10.8. The summed E-state index contributed by atoms with van der Waals surface area (Å²) in [5.41, 5.74) is 3.37. The Morgan fingerprint density at radius 1 is 1.15 bits per heavy atom. The molecular weight excluding hydrogens is 304 g/mol. The minimum atomic E-state index is 0.720. The smallest absolute Gasteiger partial charge is 0.209 e. The summed E-state index contributed by atoms with van der Waals surface area (Å²) >= 11 is 5.02. The Balaban J connectivity index is 1.94. The lowest BCUT2D eigenvalue weighted by atomic mass is 10.1. The zero-order valence-electron chi connectivity index (χ0n) is 10.9. The molecule has 0 bridgehead atoms. The molecule has 20 heavy (non-hydrogen) atoms. The summed E-state index contributed by atoms with van der Waals surface area (Å²) in [5.74, 6) is 0. The topological polar surface area (TPSA) is 25.2 Å². The molecule has 2 heterocycles. The van der Waals surface area contributed by atoms with Crippen molar-refractivity contribution in [3.8, 4) is 21.7 Å². The van der Waals surface area contributed by atoms with E-state index in [1.807, 2.05) is 5.38 Å². The summed E-state index contributed by atoms with van der Waals surface area (Å²) in [5, 5.41) is 4.88. The molecule has 0 amide bonds. The van der Waals surface area contributed by atoms with Gasteiger partial charge in [-0.2, -0.15) is 0 Å². The lowest BCUT2D eigenvalue weighted by Crippen LogP contribution is -1.75. The van der Waals surface area contributed by atoms with Crippen LogP contribution >= 0.6 is 34.4 Å². The third-order valence-corrected chi connectivity index (χ3v) is 5.35. The van der Waals surface area contributed by atoms with Gasteiger partial charge in [-0.25, -0.2) is 9.98 Å². The lowest BCUT2D eigenvalue weighted by Gasteiger charge is -2.00. The second-order valence-corrected chi connectivity index (χ2v) is 6.73. The quantitative estimate of drug-likeness (QED) is 0.463. The standard InChI is InChI=1S/C15H12N2S3/c1-16-15-17-13(9-20-15)11-7-14(19-8-11)10-4-3-5-12(6-10)18-2/h3-9H,1H2,2H3. The first-order valence-electron chi connectivity index (χ1n) is 5.96. The largest absolute Gasteiger partial charge is 0.236 e. The molecule has 0 saturated carbocycles. The number of thioether (sulfide) groups is 1. The Morgan fingerprint density at radius 3 is 2.80 bits per heavy atom. The van der Waals surface area contributed by atoms with Crippen LogP contribution in [0.1, 0.15) is 0 Å². The van der Waals surface area contributed by atoms with Crippen LogP contribution in [0.3, 0.4) is 0 Å². The Morgan fingerprint density at radius 2 is 2.05 bits per heavy atom. The highest BCUT2D eigenvalue weighted by atomic mass is 32.2. The van der Waals surface area contributed by atoms with Crippen LogP contribution in [0, 0.1) is 0 Å². The molecular formula is C15H12N2S3. The number of hydrogen-bond donors (Lipinski definition) is 0. The second kappa shape index (κ2) is 5.91. The van der Waals surface area contributed by atoms with Crippen LogP contribution in [0.2, 0.25) is 0 Å². The van der Waals surface area contributed by atoms with E-state index in [4.69, 9.17) is 0 Å². The average molecular weight is 316 g/mol. The number of thiophene rings is 1. The molecule has 5 heteroatoms. The molecule has 0 unspecified atom stereocenters. The maximum Gasteiger partial charge on any atom is 0.209 e. The summed E-state index contributed by atoms with van der Waals surface area (Å²) in [7, 11) is 0. The normalized spacial score (nSPS) is 10.7. The highest BCUT2D eigenvalue weighted by Crippen LogP contribution is 2.35. The van der Waals surface area contributed by atoms with Gasteiger partial charge in [-0.1, -0.05) is 12.1 Å². The molecule has 0 N–H and O–H groups in total. The maximum atomic E-state index is 4.43. The zero-order chi connectivity index (χ0) is 13.9. The van der Waals surface area contributed by atoms with Gasteiger partial charge in [0.2, 0.25) is 5.13 Å². The molecule has 0 aliphatic heterocycles. The van der Waals surface area contributed by atoms with Gasteiger partial charge in [0.1, 0.15) is 0 Å². The van der Waals surface area contributed by atoms with E-state index in [1.165, 1.54) is 26.7 Å². The maximum absolute atomic E-state index is 4.43. The first-order valence-corrected chi connectivity index (χ1v) is 8.94. The summed E-state index contributed by atoms with van der Waals surface area (Å²) < 4.78 is 0. The monoisotopic (exact) mass is 316 g/mol. The van der Waals surface area contributed by atoms with Gasteiger partial charge in [0.05, 0.1) is 5.69 Å². The number of benzene rings is 1. The van der Waals surface area contributed by atoms with E-state index in [-0.39, 0.29) is 0 Å². The number of nitrogens with zero attached hydrogens (tertiary/aromatic N) is 2. The van der Waals surface area contributed by atoms with E-state index in [0.29, 0.717) is 0 Å². The lowest BCUT2D eigenvalue weighted by molar-refractivity contribution is 1.37. The first kappa shape index (κ1) is 13.5. The molecule has 0 aliphatic rings. The minimum absolute atomic E-state index is 0.720. The van der Waals surface area contributed by atoms with Crippen LogP contribution in [-0.2, 0) is 0 Å². The van der Waals surface area contributed by atoms with Gasteiger partial charge in [-0.15, -0.1) is 34.4 Å². The fourth-order valence-electron chi connectivity index (χ4n) is 1.87. The highest BCUT2D eigenvalue weighted by molar-refractivity contribution is 7.98. The molecule has 0 aliphatic carbocycles. The fraction of sp³-hybridized carbons (Fsp3) is 0.0667. The Hall–Kier alpha value is -1.43. The third-order valence-electron chi connectivity index (χ3n) is 2.88. The predicted octanol–water partition coefficient (Wildman–Crippen LogP) is 5.59. The average Bonchev–Trinajstić information content (AvgIpc) is 3.15. The fourth-order valence-corrected chi connectivity index (χ4v) is 3.86. The van der Waals surface area contributed by atoms with Crippen molar-refractivity contribution in [2.24, 2.45) is 4.99 Å². The molecule has 2 nitrogen and oxygen atoms in total. The van der Waals surface area contributed by atoms with Crippen molar-refractivity contribution in [3.05, 3.63) is 41.1 Å². The molecule has 0 fully saturated rings. The molecule has 0 radical (unpaired) electrons. The molecule has 0 saturated heterocycles. The van der Waals surface area contributed by atoms with Gasteiger partial charge < -0.3 is 0 Å². The van der Waals surface area contributed by atoms with Crippen molar-refractivity contribution in [2.45, 2.75) is 4.90 Å². The van der Waals surface area contributed by atoms with E-state index in [1.54, 1.807) is 23.1 Å². The van der Waals surface area contributed by atoms with Crippen molar-refractivity contribution in [1.29, 1.82) is 0 Å². The molecule has 2 aromatic heterocycles. The Bertz CT molecular complexity index is 743. The zero-order valence-corrected chi connectivity index (χ0v) is 13.3. The van der Waals surface area contributed by atoms with Crippen LogP contribution in [-0.4, -0.2) is 18.0 Å². The van der Waals surface area contributed by atoms with Crippen LogP contribution < -0.4 is 0 Å². The SMILES string of the molecule is C=Nc1nc(-c2csc(-c3cccc(SC)c3)c2)cs1. The van der Waals surface area contributed by atoms with E-state index in [9.17, 15) is 0 Å². The number of thiazole rings is 1. The first-order chi connectivity index (χ1) is 9.80. The van der Waals surface area contributed by atoms with Crippen molar-refractivity contribution in [3.63, 3.8) is 0 Å². The van der Waals surface area contributed by atoms with Crippen molar-refractivity contribution in [2.75, 3.05) is 6.26 Å². The van der Waals surface area contributed by atoms with Crippen LogP contribution in [0.15, 0.2) is 51.0 Å². The molecule has 3 rings (SSSR count).